The molecule has 6 heteroatoms. The zero-order valence-corrected chi connectivity index (χ0v) is 12.0. The Kier molecular flexibility index (Phi) is 6.00. The zero-order valence-electron chi connectivity index (χ0n) is 12.0. The number of carbonyl (C=O) groups excluding carboxylic acids is 1. The van der Waals surface area contributed by atoms with E-state index in [1.807, 2.05) is 20.8 Å². The van der Waals surface area contributed by atoms with Gasteiger partial charge in [-0.2, -0.15) is 0 Å². The molecule has 2 saturated heterocycles. The Morgan fingerprint density at radius 1 is 1.42 bits per heavy atom. The Morgan fingerprint density at radius 2 is 2.00 bits per heavy atom. The Bertz CT molecular complexity index is 290. The molecule has 2 aliphatic heterocycles. The summed E-state index contributed by atoms with van der Waals surface area (Å²) in [7, 11) is 0. The number of β-amino-alcohol motifs (C(OH)–C–C–N with tert-alkyl or cyclic N) is 1. The second-order valence-corrected chi connectivity index (χ2v) is 5.98. The summed E-state index contributed by atoms with van der Waals surface area (Å²) in [5, 5.41) is 11.3. The van der Waals surface area contributed by atoms with E-state index in [1.165, 1.54) is 4.90 Å². The molecule has 0 aromatic rings. The summed E-state index contributed by atoms with van der Waals surface area (Å²) < 4.78 is 18.1. The van der Waals surface area contributed by atoms with Gasteiger partial charge in [-0.05, 0) is 33.6 Å². The molecule has 1 unspecified atom stereocenters. The summed E-state index contributed by atoms with van der Waals surface area (Å²) in [5.41, 5.74) is -0.500. The summed E-state index contributed by atoms with van der Waals surface area (Å²) in [6.07, 6.45) is -0.0641. The molecule has 2 aliphatic rings. The minimum absolute atomic E-state index is 0.0463. The van der Waals surface area contributed by atoms with E-state index in [0.717, 1.165) is 19.5 Å². The molecule has 2 rings (SSSR count). The van der Waals surface area contributed by atoms with Crippen LogP contribution in [-0.2, 0) is 4.74 Å². The molecule has 2 heterocycles. The third-order valence-corrected chi connectivity index (χ3v) is 2.78. The highest BCUT2D eigenvalue weighted by atomic mass is 19.1. The molecule has 0 bridgehead atoms. The van der Waals surface area contributed by atoms with Gasteiger partial charge in [0.2, 0.25) is 0 Å². The van der Waals surface area contributed by atoms with Crippen molar-refractivity contribution >= 4 is 6.09 Å². The van der Waals surface area contributed by atoms with Crippen molar-refractivity contribution in [2.24, 2.45) is 0 Å². The fourth-order valence-electron chi connectivity index (χ4n) is 1.69. The highest BCUT2D eigenvalue weighted by molar-refractivity contribution is 5.68. The highest BCUT2D eigenvalue weighted by Crippen LogP contribution is 2.16. The van der Waals surface area contributed by atoms with E-state index in [4.69, 9.17) is 9.84 Å². The van der Waals surface area contributed by atoms with Crippen LogP contribution in [0.2, 0.25) is 0 Å². The lowest BCUT2D eigenvalue weighted by atomic mass is 10.1. The van der Waals surface area contributed by atoms with E-state index in [1.54, 1.807) is 0 Å². The molecule has 0 spiro atoms. The van der Waals surface area contributed by atoms with Gasteiger partial charge >= 0.3 is 6.09 Å². The number of aliphatic hydroxyl groups excluding tert-OH is 1. The molecule has 0 saturated carbocycles. The lowest BCUT2D eigenvalue weighted by Crippen LogP contribution is -2.46. The fourth-order valence-corrected chi connectivity index (χ4v) is 1.69. The van der Waals surface area contributed by atoms with Crippen molar-refractivity contribution in [1.82, 2.24) is 10.2 Å². The van der Waals surface area contributed by atoms with Crippen LogP contribution in [0.5, 0.6) is 0 Å². The maximum absolute atomic E-state index is 13.0. The van der Waals surface area contributed by atoms with Crippen LogP contribution in [0.3, 0.4) is 0 Å². The zero-order chi connectivity index (χ0) is 14.5. The summed E-state index contributed by atoms with van der Waals surface area (Å²) >= 11 is 0. The Labute approximate surface area is 114 Å². The molecule has 1 atom stereocenters. The lowest BCUT2D eigenvalue weighted by molar-refractivity contribution is 0.0139. The molecule has 112 valence electrons. The Morgan fingerprint density at radius 3 is 2.37 bits per heavy atom. The van der Waals surface area contributed by atoms with E-state index in [-0.39, 0.29) is 12.6 Å². The predicted molar refractivity (Wildman–Crippen MR) is 70.8 cm³/mol. The van der Waals surface area contributed by atoms with E-state index in [9.17, 15) is 9.18 Å². The van der Waals surface area contributed by atoms with Crippen molar-refractivity contribution in [3.63, 3.8) is 0 Å². The number of piperidine rings is 1. The van der Waals surface area contributed by atoms with Crippen molar-refractivity contribution in [3.05, 3.63) is 0 Å². The normalized spacial score (nSPS) is 24.1. The molecule has 0 radical (unpaired) electrons. The van der Waals surface area contributed by atoms with Crippen LogP contribution < -0.4 is 5.32 Å². The molecule has 5 nitrogen and oxygen atoms in total. The van der Waals surface area contributed by atoms with Crippen molar-refractivity contribution in [3.8, 4) is 0 Å². The maximum atomic E-state index is 13.0. The van der Waals surface area contributed by atoms with Gasteiger partial charge in [0, 0.05) is 19.6 Å². The third-order valence-electron chi connectivity index (χ3n) is 2.78. The summed E-state index contributed by atoms with van der Waals surface area (Å²) in [6, 6.07) is 0. The lowest BCUT2D eigenvalue weighted by Gasteiger charge is -2.31. The van der Waals surface area contributed by atoms with E-state index < -0.39 is 17.9 Å². The highest BCUT2D eigenvalue weighted by Gasteiger charge is 2.27. The number of likely N-dealkylation sites (tertiary alicyclic amines) is 1. The number of ether oxygens (including phenoxy) is 1. The number of rotatable bonds is 0. The number of nitrogens with one attached hydrogen (secondary N) is 1. The van der Waals surface area contributed by atoms with Gasteiger partial charge in [-0.1, -0.05) is 0 Å². The molecule has 0 aromatic carbocycles. The summed E-state index contributed by atoms with van der Waals surface area (Å²) in [6.45, 7) is 7.79. The number of aliphatic hydroxyl groups is 1. The predicted octanol–water partition coefficient (Wildman–Crippen LogP) is 1.31. The average molecular weight is 276 g/mol. The van der Waals surface area contributed by atoms with Gasteiger partial charge in [0.1, 0.15) is 11.8 Å². The van der Waals surface area contributed by atoms with Crippen LogP contribution in [-0.4, -0.2) is 60.2 Å². The Balaban J connectivity index is 0.000000300. The first-order valence-electron chi connectivity index (χ1n) is 6.78. The van der Waals surface area contributed by atoms with Crippen molar-refractivity contribution in [1.29, 1.82) is 0 Å². The molecular weight excluding hydrogens is 251 g/mol. The summed E-state index contributed by atoms with van der Waals surface area (Å²) in [5.74, 6) is 0. The quantitative estimate of drug-likeness (QED) is 0.700. The molecule has 0 aromatic heterocycles. The van der Waals surface area contributed by atoms with Gasteiger partial charge in [-0.3, -0.25) is 0 Å². The number of nitrogens with zero attached hydrogens (tertiary/aromatic N) is 1. The van der Waals surface area contributed by atoms with E-state index >= 15 is 0 Å². The summed E-state index contributed by atoms with van der Waals surface area (Å²) in [4.78, 5) is 12.9. The molecule has 2 N–H and O–H groups in total. The van der Waals surface area contributed by atoms with Gasteiger partial charge in [-0.15, -0.1) is 0 Å². The number of amides is 1. The molecule has 0 aliphatic carbocycles. The standard InChI is InChI=1S/C10H18FNO2.C3H7NO/c1-10(2,3)14-9(13)12-6-4-5-8(11)7-12;5-3-1-4-2-3/h8H,4-7H2,1-3H3;3-5H,1-2H2. The third kappa shape index (κ3) is 6.73. The van der Waals surface area contributed by atoms with Crippen LogP contribution >= 0.6 is 0 Å². The van der Waals surface area contributed by atoms with Crippen molar-refractivity contribution < 1.29 is 19.0 Å². The molecule has 1 amide bonds. The maximum Gasteiger partial charge on any atom is 0.410 e. The average Bonchev–Trinajstić information content (AvgIpc) is 2.25. The van der Waals surface area contributed by atoms with Crippen molar-refractivity contribution in [2.45, 2.75) is 51.5 Å². The van der Waals surface area contributed by atoms with Crippen molar-refractivity contribution in [2.75, 3.05) is 26.2 Å². The monoisotopic (exact) mass is 276 g/mol. The topological polar surface area (TPSA) is 61.8 Å². The van der Waals surface area contributed by atoms with Crippen LogP contribution in [0.25, 0.3) is 0 Å². The van der Waals surface area contributed by atoms with Gasteiger partial charge < -0.3 is 20.1 Å². The first kappa shape index (κ1) is 16.2. The minimum Gasteiger partial charge on any atom is -0.444 e. The Hall–Kier alpha value is -0.880. The number of hydrogen-bond acceptors (Lipinski definition) is 4. The molecular formula is C13H25FN2O3. The first-order valence-corrected chi connectivity index (χ1v) is 6.78. The van der Waals surface area contributed by atoms with Crippen LogP contribution in [0.4, 0.5) is 9.18 Å². The van der Waals surface area contributed by atoms with Gasteiger partial charge in [0.15, 0.2) is 0 Å². The smallest absolute Gasteiger partial charge is 0.410 e. The SMILES string of the molecule is CC(C)(C)OC(=O)N1CCCC(F)C1.OC1CNC1. The van der Waals surface area contributed by atoms with E-state index in [2.05, 4.69) is 5.32 Å². The van der Waals surface area contributed by atoms with E-state index in [0.29, 0.717) is 13.0 Å². The number of halogens is 1. The number of carbonyl (C=O) groups is 1. The number of alkyl halides is 1. The minimum atomic E-state index is -0.892. The number of hydrogen-bond donors (Lipinski definition) is 2. The van der Waals surface area contributed by atoms with Crippen LogP contribution in [0.15, 0.2) is 0 Å². The van der Waals surface area contributed by atoms with Crippen LogP contribution in [0, 0.1) is 0 Å². The second kappa shape index (κ2) is 7.05. The molecule has 2 fully saturated rings. The van der Waals surface area contributed by atoms with Gasteiger partial charge in [0.05, 0.1) is 12.6 Å². The largest absolute Gasteiger partial charge is 0.444 e. The van der Waals surface area contributed by atoms with Gasteiger partial charge in [0.25, 0.3) is 0 Å². The van der Waals surface area contributed by atoms with Gasteiger partial charge in [-0.25, -0.2) is 9.18 Å². The van der Waals surface area contributed by atoms with Crippen LogP contribution in [0.1, 0.15) is 33.6 Å². The second-order valence-electron chi connectivity index (χ2n) is 5.98. The fraction of sp³-hybridized carbons (Fsp3) is 0.923. The first-order chi connectivity index (χ1) is 8.78. The molecule has 19 heavy (non-hydrogen) atoms.